The molecular weight excluding hydrogens is 196 g/mol. The Morgan fingerprint density at radius 3 is 2.77 bits per heavy atom. The van der Waals surface area contributed by atoms with Crippen LogP contribution in [-0.4, -0.2) is 32.8 Å². The molecule has 0 amide bonds. The smallest absolute Gasteiger partial charge is 0.340 e. The highest BCUT2D eigenvalue weighted by Crippen LogP contribution is 2.11. The summed E-state index contributed by atoms with van der Waals surface area (Å²) < 4.78 is 0. The summed E-state index contributed by atoms with van der Waals surface area (Å²) in [6, 6.07) is 0. The lowest BCUT2D eigenvalue weighted by molar-refractivity contribution is 0.0696. The van der Waals surface area contributed by atoms with Gasteiger partial charge in [0.2, 0.25) is 0 Å². The average Bonchev–Trinajstić information content (AvgIpc) is 2.04. The summed E-state index contributed by atoms with van der Waals surface area (Å²) in [7, 11) is 0. The molecule has 0 aromatic carbocycles. The molecule has 0 radical (unpaired) electrons. The lowest BCUT2D eigenvalue weighted by Gasteiger charge is -1.99. The van der Waals surface area contributed by atoms with E-state index in [4.69, 9.17) is 21.8 Å². The van der Waals surface area contributed by atoms with E-state index >= 15 is 0 Å². The van der Waals surface area contributed by atoms with E-state index < -0.39 is 5.97 Å². The van der Waals surface area contributed by atoms with Crippen molar-refractivity contribution < 1.29 is 15.0 Å². The number of rotatable bonds is 3. The second kappa shape index (κ2) is 4.15. The molecule has 0 aliphatic carbocycles. The van der Waals surface area contributed by atoms with Crippen molar-refractivity contribution in [2.45, 2.75) is 6.42 Å². The van der Waals surface area contributed by atoms with E-state index in [-0.39, 0.29) is 23.7 Å². The van der Waals surface area contributed by atoms with Crippen molar-refractivity contribution in [3.05, 3.63) is 22.7 Å². The first-order chi connectivity index (χ1) is 6.15. The Balaban J connectivity index is 2.98. The van der Waals surface area contributed by atoms with E-state index in [0.29, 0.717) is 5.82 Å². The fraction of sp³-hybridized carbons (Fsp3) is 0.286. The van der Waals surface area contributed by atoms with Gasteiger partial charge in [0, 0.05) is 12.6 Å². The van der Waals surface area contributed by atoms with Crippen LogP contribution < -0.4 is 0 Å². The van der Waals surface area contributed by atoms with Gasteiger partial charge in [0.15, 0.2) is 0 Å². The molecule has 0 aliphatic rings. The first-order valence-electron chi connectivity index (χ1n) is 3.50. The van der Waals surface area contributed by atoms with Crippen LogP contribution in [0.1, 0.15) is 16.2 Å². The summed E-state index contributed by atoms with van der Waals surface area (Å²) in [5.74, 6) is -0.835. The quantitative estimate of drug-likeness (QED) is 0.692. The van der Waals surface area contributed by atoms with Gasteiger partial charge >= 0.3 is 5.97 Å². The van der Waals surface area contributed by atoms with Crippen LogP contribution in [0.25, 0.3) is 0 Å². The molecule has 0 aliphatic heterocycles. The third kappa shape index (κ3) is 2.37. The number of aromatic carboxylic acids is 1. The Morgan fingerprint density at radius 1 is 1.62 bits per heavy atom. The number of hydrogen-bond donors (Lipinski definition) is 2. The first kappa shape index (κ1) is 9.88. The van der Waals surface area contributed by atoms with Gasteiger partial charge in [-0.15, -0.1) is 0 Å². The van der Waals surface area contributed by atoms with E-state index in [1.54, 1.807) is 0 Å². The number of aromatic nitrogens is 2. The Morgan fingerprint density at radius 2 is 2.31 bits per heavy atom. The SMILES string of the molecule is O=C(O)c1cnc(CCO)nc1Cl. The molecule has 0 spiro atoms. The topological polar surface area (TPSA) is 83.3 Å². The minimum atomic E-state index is -1.17. The zero-order chi connectivity index (χ0) is 9.84. The predicted octanol–water partition coefficient (Wildman–Crippen LogP) is 0.363. The van der Waals surface area contributed by atoms with Gasteiger partial charge < -0.3 is 10.2 Å². The van der Waals surface area contributed by atoms with E-state index in [0.717, 1.165) is 6.20 Å². The Labute approximate surface area is 79.0 Å². The van der Waals surface area contributed by atoms with Crippen LogP contribution in [-0.2, 0) is 6.42 Å². The molecule has 1 heterocycles. The van der Waals surface area contributed by atoms with E-state index in [2.05, 4.69) is 9.97 Å². The largest absolute Gasteiger partial charge is 0.478 e. The molecule has 70 valence electrons. The molecule has 0 bridgehead atoms. The van der Waals surface area contributed by atoms with Crippen molar-refractivity contribution in [1.82, 2.24) is 9.97 Å². The highest BCUT2D eigenvalue weighted by atomic mass is 35.5. The monoisotopic (exact) mass is 202 g/mol. The fourth-order valence-electron chi connectivity index (χ4n) is 0.759. The number of hydrogen-bond acceptors (Lipinski definition) is 4. The summed E-state index contributed by atoms with van der Waals surface area (Å²) in [6.07, 6.45) is 1.39. The lowest BCUT2D eigenvalue weighted by Crippen LogP contribution is -2.05. The molecule has 1 rings (SSSR count). The second-order valence-electron chi connectivity index (χ2n) is 2.27. The molecule has 0 fully saturated rings. The maximum atomic E-state index is 10.5. The Hall–Kier alpha value is -1.20. The molecule has 5 nitrogen and oxygen atoms in total. The van der Waals surface area contributed by atoms with Crippen molar-refractivity contribution in [1.29, 1.82) is 0 Å². The molecule has 0 unspecified atom stereocenters. The molecule has 0 atom stereocenters. The predicted molar refractivity (Wildman–Crippen MR) is 44.8 cm³/mol. The van der Waals surface area contributed by atoms with E-state index in [1.165, 1.54) is 0 Å². The van der Waals surface area contributed by atoms with Crippen molar-refractivity contribution >= 4 is 17.6 Å². The molecule has 2 N–H and O–H groups in total. The molecule has 13 heavy (non-hydrogen) atoms. The van der Waals surface area contributed by atoms with Crippen LogP contribution in [0.3, 0.4) is 0 Å². The Bertz CT molecular complexity index is 330. The minimum absolute atomic E-state index is 0.0945. The Kier molecular flexibility index (Phi) is 3.16. The van der Waals surface area contributed by atoms with Crippen LogP contribution in [0, 0.1) is 0 Å². The molecular formula is C7H7ClN2O3. The van der Waals surface area contributed by atoms with Crippen LogP contribution in [0.4, 0.5) is 0 Å². The van der Waals surface area contributed by atoms with Gasteiger partial charge in [-0.2, -0.15) is 0 Å². The van der Waals surface area contributed by atoms with E-state index in [9.17, 15) is 4.79 Å². The number of nitrogens with zero attached hydrogens (tertiary/aromatic N) is 2. The van der Waals surface area contributed by atoms with Crippen LogP contribution in [0.2, 0.25) is 5.15 Å². The fourth-order valence-corrected chi connectivity index (χ4v) is 0.986. The highest BCUT2D eigenvalue weighted by molar-refractivity contribution is 6.32. The maximum absolute atomic E-state index is 10.5. The summed E-state index contributed by atoms with van der Waals surface area (Å²) in [5.41, 5.74) is -0.136. The summed E-state index contributed by atoms with van der Waals surface area (Å²) in [4.78, 5) is 17.9. The number of aliphatic hydroxyl groups is 1. The van der Waals surface area contributed by atoms with Gasteiger partial charge in [-0.1, -0.05) is 11.6 Å². The molecule has 1 aromatic heterocycles. The van der Waals surface area contributed by atoms with Crippen molar-refractivity contribution in [3.63, 3.8) is 0 Å². The van der Waals surface area contributed by atoms with Crippen molar-refractivity contribution in [2.24, 2.45) is 0 Å². The summed E-state index contributed by atoms with van der Waals surface area (Å²) in [6.45, 7) is -0.0945. The van der Waals surface area contributed by atoms with Crippen LogP contribution in [0.5, 0.6) is 0 Å². The van der Waals surface area contributed by atoms with Gasteiger partial charge in [-0.05, 0) is 0 Å². The third-order valence-electron chi connectivity index (χ3n) is 1.36. The summed E-state index contributed by atoms with van der Waals surface area (Å²) >= 11 is 5.55. The average molecular weight is 203 g/mol. The van der Waals surface area contributed by atoms with Gasteiger partial charge in [-0.3, -0.25) is 0 Å². The third-order valence-corrected chi connectivity index (χ3v) is 1.65. The van der Waals surface area contributed by atoms with Gasteiger partial charge in [-0.25, -0.2) is 14.8 Å². The van der Waals surface area contributed by atoms with Crippen LogP contribution >= 0.6 is 11.6 Å². The molecule has 0 saturated heterocycles. The zero-order valence-electron chi connectivity index (χ0n) is 6.57. The van der Waals surface area contributed by atoms with Crippen molar-refractivity contribution in [2.75, 3.05) is 6.61 Å². The molecule has 0 saturated carbocycles. The van der Waals surface area contributed by atoms with E-state index in [1.807, 2.05) is 0 Å². The number of aliphatic hydroxyl groups excluding tert-OH is 1. The highest BCUT2D eigenvalue weighted by Gasteiger charge is 2.10. The van der Waals surface area contributed by atoms with Gasteiger partial charge in [0.05, 0.1) is 6.61 Å². The number of halogens is 1. The van der Waals surface area contributed by atoms with Crippen LogP contribution in [0.15, 0.2) is 6.20 Å². The molecule has 6 heteroatoms. The normalized spacial score (nSPS) is 10.0. The number of carbonyl (C=O) groups is 1. The summed E-state index contributed by atoms with van der Waals surface area (Å²) in [5, 5.41) is 17.0. The second-order valence-corrected chi connectivity index (χ2v) is 2.63. The van der Waals surface area contributed by atoms with Gasteiger partial charge in [0.1, 0.15) is 16.5 Å². The maximum Gasteiger partial charge on any atom is 0.340 e. The zero-order valence-corrected chi connectivity index (χ0v) is 7.32. The number of carboxylic acids is 1. The number of carboxylic acid groups (broad SMARTS) is 1. The van der Waals surface area contributed by atoms with Crippen molar-refractivity contribution in [3.8, 4) is 0 Å². The lowest BCUT2D eigenvalue weighted by atomic mass is 10.3. The standard InChI is InChI=1S/C7H7ClN2O3/c8-6-4(7(12)13)3-9-5(10-6)1-2-11/h3,11H,1-2H2,(H,12,13). The molecule has 1 aromatic rings. The van der Waals surface area contributed by atoms with Gasteiger partial charge in [0.25, 0.3) is 0 Å². The minimum Gasteiger partial charge on any atom is -0.478 e. The first-order valence-corrected chi connectivity index (χ1v) is 3.88.